The second-order valence-corrected chi connectivity index (χ2v) is 19.8. The van der Waals surface area contributed by atoms with Gasteiger partial charge in [-0.15, -0.1) is 0 Å². The van der Waals surface area contributed by atoms with Crippen LogP contribution in [-0.2, 0) is 60.7 Å². The van der Waals surface area contributed by atoms with Crippen LogP contribution in [0.15, 0.2) is 102 Å². The molecule has 1 aliphatic rings. The van der Waals surface area contributed by atoms with Gasteiger partial charge in [0.05, 0.1) is 24.0 Å². The summed E-state index contributed by atoms with van der Waals surface area (Å²) in [6, 6.07) is 9.37. The summed E-state index contributed by atoms with van der Waals surface area (Å²) in [5.74, 6) is -12.7. The third-order valence-electron chi connectivity index (χ3n) is 13.1. The highest BCUT2D eigenvalue weighted by Crippen LogP contribution is 2.19. The first-order chi connectivity index (χ1) is 36.3. The summed E-state index contributed by atoms with van der Waals surface area (Å²) in [6.07, 6.45) is 4.47. The van der Waals surface area contributed by atoms with Crippen molar-refractivity contribution in [3.05, 3.63) is 108 Å². The number of hydrogen-bond donors (Lipinski definition) is 10. The van der Waals surface area contributed by atoms with Crippen molar-refractivity contribution in [3.63, 3.8) is 0 Å². The molecule has 0 spiro atoms. The van der Waals surface area contributed by atoms with Crippen LogP contribution in [0.4, 0.5) is 0 Å². The smallest absolute Gasteiger partial charge is 0.327 e. The van der Waals surface area contributed by atoms with Gasteiger partial charge >= 0.3 is 11.9 Å². The zero-order chi connectivity index (χ0) is 57.5. The number of guanidine groups is 1. The van der Waals surface area contributed by atoms with Crippen LogP contribution in [0.1, 0.15) is 84.8 Å². The van der Waals surface area contributed by atoms with Crippen molar-refractivity contribution in [1.82, 2.24) is 36.8 Å². The fourth-order valence-corrected chi connectivity index (χ4v) is 8.39. The molecule has 0 unspecified atom stereocenters. The zero-order valence-corrected chi connectivity index (χ0v) is 45.2. The van der Waals surface area contributed by atoms with E-state index in [1.54, 1.807) is 64.3 Å². The van der Waals surface area contributed by atoms with Crippen molar-refractivity contribution < 1.29 is 58.1 Å². The van der Waals surface area contributed by atoms with Crippen LogP contribution < -0.4 is 43.4 Å². The van der Waals surface area contributed by atoms with E-state index in [9.17, 15) is 53.4 Å². The molecule has 7 amide bonds. The molecule has 0 radical (unpaired) electrons. The summed E-state index contributed by atoms with van der Waals surface area (Å²) in [7, 11) is 2.84. The van der Waals surface area contributed by atoms with Crippen LogP contribution in [0.2, 0.25) is 0 Å². The Kier molecular flexibility index (Phi) is 25.7. The van der Waals surface area contributed by atoms with Gasteiger partial charge in [-0.2, -0.15) is 0 Å². The van der Waals surface area contributed by atoms with Gasteiger partial charge in [0.25, 0.3) is 5.91 Å². The van der Waals surface area contributed by atoms with Crippen LogP contribution in [0.3, 0.4) is 0 Å². The van der Waals surface area contributed by atoms with Crippen LogP contribution >= 0.6 is 0 Å². The van der Waals surface area contributed by atoms with Gasteiger partial charge in [-0.25, -0.2) is 9.59 Å². The highest BCUT2D eigenvalue weighted by Gasteiger charge is 2.38. The summed E-state index contributed by atoms with van der Waals surface area (Å²) in [6.45, 7) is 13.7. The molecule has 0 saturated carbocycles. The number of hydrogen-bond acceptors (Lipinski definition) is 11. The molecule has 1 heterocycles. The van der Waals surface area contributed by atoms with Gasteiger partial charge in [-0.05, 0) is 56.1 Å². The highest BCUT2D eigenvalue weighted by molar-refractivity contribution is 6.00. The van der Waals surface area contributed by atoms with Crippen molar-refractivity contribution in [2.45, 2.75) is 129 Å². The minimum absolute atomic E-state index is 0.0164. The molecule has 420 valence electrons. The van der Waals surface area contributed by atoms with E-state index in [-0.39, 0.29) is 56.1 Å². The van der Waals surface area contributed by atoms with Gasteiger partial charge < -0.3 is 63.2 Å². The number of nitrogens with zero attached hydrogens (tertiary/aromatic N) is 2. The fraction of sp³-hybridized carbons (Fsp3) is 0.491. The summed E-state index contributed by atoms with van der Waals surface area (Å²) >= 11 is 0. The van der Waals surface area contributed by atoms with Crippen molar-refractivity contribution in [2.75, 3.05) is 20.7 Å². The maximum atomic E-state index is 14.5. The van der Waals surface area contributed by atoms with Gasteiger partial charge in [0.2, 0.25) is 35.4 Å². The minimum atomic E-state index is -1.91. The van der Waals surface area contributed by atoms with Gasteiger partial charge in [0.1, 0.15) is 35.9 Å². The third kappa shape index (κ3) is 21.0. The number of carboxylic acid groups (broad SMARTS) is 2. The van der Waals surface area contributed by atoms with Gasteiger partial charge in [0.15, 0.2) is 5.96 Å². The number of allylic oxidation sites excluding steroid dienone is 2. The molecule has 12 N–H and O–H groups in total. The monoisotopic (exact) mass is 1070 g/mol. The van der Waals surface area contributed by atoms with E-state index in [0.717, 1.165) is 10.5 Å². The molecular weight excluding hydrogens is 993 g/mol. The molecule has 1 fully saturated rings. The number of amides is 7. The van der Waals surface area contributed by atoms with E-state index >= 15 is 0 Å². The number of carbonyl (C=O) groups excluding carboxylic acids is 7. The Labute approximate surface area is 450 Å². The van der Waals surface area contributed by atoms with Crippen molar-refractivity contribution in [2.24, 2.45) is 40.1 Å². The molecule has 0 bridgehead atoms. The molecule has 2 aromatic rings. The Morgan fingerprint density at radius 3 is 1.92 bits per heavy atom. The number of benzene rings is 2. The van der Waals surface area contributed by atoms with Gasteiger partial charge in [-0.3, -0.25) is 38.6 Å². The largest absolute Gasteiger partial charge is 0.480 e. The standard InChI is InChI=1S/C55H78N10O12/c1-31(2)27-42-52(72)64-46(54(75)76)35(6)48(68)60-40(21-16-26-58-55(56)57)50(70)59-39(23-22-32(3)28-33(4)44(77-9)30-38-19-14-11-15-20-38)34(5)47(67)61-41(53(73)74)24-25-45(66)65(8)36(7)49(69)62-43(51(71)63-42)29-37-17-12-10-13-18-37/h10-15,17-20,22-23,28,31,33-35,39-44,46H,7,16,21,24-27,29-30H2,1-6,8-9H3,(H,59,70)(H,60,68)(H,61,67)(H,62,69)(H,63,71)(H,64,72)(H,73,74)(H,75,76)(H4,56,57,58)/b23-22+,32-28+/t33-,34-,35-,39-,40-,41+,42-,43+,44-,46+/m0/s1. The number of likely N-dealkylation sites (N-methyl/N-ethyl adjacent to an activating group) is 1. The van der Waals surface area contributed by atoms with Crippen molar-refractivity contribution in [1.29, 1.82) is 0 Å². The number of nitrogens with two attached hydrogens (primary N) is 2. The minimum Gasteiger partial charge on any atom is -0.480 e. The number of carboxylic acids is 2. The highest BCUT2D eigenvalue weighted by atomic mass is 16.5. The summed E-state index contributed by atoms with van der Waals surface area (Å²) in [5, 5.41) is 36.2. The molecule has 0 aliphatic carbocycles. The van der Waals surface area contributed by atoms with E-state index in [4.69, 9.17) is 16.2 Å². The molecule has 22 nitrogen and oxygen atoms in total. The Bertz CT molecular complexity index is 2480. The lowest BCUT2D eigenvalue weighted by atomic mass is 9.94. The first-order valence-electron chi connectivity index (χ1n) is 25.6. The zero-order valence-electron chi connectivity index (χ0n) is 45.2. The lowest BCUT2D eigenvalue weighted by Crippen LogP contribution is -2.59. The summed E-state index contributed by atoms with van der Waals surface area (Å²) in [5.41, 5.74) is 13.0. The number of methoxy groups -OCH3 is 1. The second kappa shape index (κ2) is 31.2. The number of nitrogens with one attached hydrogen (secondary N) is 6. The predicted octanol–water partition coefficient (Wildman–Crippen LogP) is 1.84. The molecule has 10 atom stereocenters. The summed E-state index contributed by atoms with van der Waals surface area (Å²) in [4.78, 5) is 129. The maximum absolute atomic E-state index is 14.5. The molecule has 1 aliphatic heterocycles. The molecule has 0 aromatic heterocycles. The van der Waals surface area contributed by atoms with Crippen molar-refractivity contribution >= 4 is 59.2 Å². The topological polar surface area (TPSA) is 343 Å². The average molecular weight is 1070 g/mol. The molecule has 2 aromatic carbocycles. The van der Waals surface area contributed by atoms with E-state index in [1.807, 2.05) is 43.3 Å². The van der Waals surface area contributed by atoms with Crippen LogP contribution in [0.5, 0.6) is 0 Å². The average Bonchev–Trinajstić information content (AvgIpc) is 3.38. The fourth-order valence-electron chi connectivity index (χ4n) is 8.39. The number of aliphatic imine (C=N–C) groups is 1. The Balaban J connectivity index is 2.16. The maximum Gasteiger partial charge on any atom is 0.327 e. The predicted molar refractivity (Wildman–Crippen MR) is 289 cm³/mol. The van der Waals surface area contributed by atoms with E-state index in [0.29, 0.717) is 17.6 Å². The molecular formula is C55H78N10O12. The van der Waals surface area contributed by atoms with Gasteiger partial charge in [0, 0.05) is 39.5 Å². The Morgan fingerprint density at radius 2 is 1.35 bits per heavy atom. The number of carbonyl (C=O) groups is 9. The Morgan fingerprint density at radius 1 is 0.779 bits per heavy atom. The lowest BCUT2D eigenvalue weighted by Gasteiger charge is -2.29. The van der Waals surface area contributed by atoms with E-state index in [1.165, 1.54) is 27.0 Å². The van der Waals surface area contributed by atoms with Crippen LogP contribution in [0, 0.1) is 23.7 Å². The molecule has 3 rings (SSSR count). The molecule has 77 heavy (non-hydrogen) atoms. The first-order valence-corrected chi connectivity index (χ1v) is 25.6. The quantitative estimate of drug-likeness (QED) is 0.0356. The van der Waals surface area contributed by atoms with Crippen molar-refractivity contribution in [3.8, 4) is 0 Å². The van der Waals surface area contributed by atoms with Crippen LogP contribution in [0.25, 0.3) is 0 Å². The van der Waals surface area contributed by atoms with Crippen LogP contribution in [-0.4, -0.2) is 137 Å². The Hall–Kier alpha value is -7.88. The second-order valence-electron chi connectivity index (χ2n) is 19.8. The van der Waals surface area contributed by atoms with Gasteiger partial charge in [-0.1, -0.05) is 126 Å². The molecule has 22 heteroatoms. The normalized spacial score (nSPS) is 24.2. The summed E-state index contributed by atoms with van der Waals surface area (Å²) < 4.78 is 5.83. The number of rotatable bonds is 17. The van der Waals surface area contributed by atoms with E-state index in [2.05, 4.69) is 43.5 Å². The first kappa shape index (κ1) is 63.4. The van der Waals surface area contributed by atoms with E-state index < -0.39 is 120 Å². The lowest BCUT2D eigenvalue weighted by molar-refractivity contribution is -0.146. The number of ether oxygens (including phenoxy) is 1. The third-order valence-corrected chi connectivity index (χ3v) is 13.1. The SMILES string of the molecule is C=C1C(=O)N[C@H](Cc2ccccc2)C(=O)N[C@@H](CC(C)C)C(=O)N[C@@H](C(=O)O)[C@H](C)C(=O)N[C@@H](CCCN=C(N)N)C(=O)N[C@@H](/C=C/C(C)=C/[C@H](C)[C@H](Cc2ccccc2)OC)[C@H](C)C(=O)N[C@@H](C(=O)O)CCC(=O)N1C. The number of aliphatic carboxylic acids is 2. The molecule has 1 saturated heterocycles.